The third-order valence-electron chi connectivity index (χ3n) is 7.21. The Morgan fingerprint density at radius 1 is 1.24 bits per heavy atom. The zero-order chi connectivity index (χ0) is 21.2. The molecule has 2 aliphatic carbocycles. The van der Waals surface area contributed by atoms with E-state index in [1.165, 1.54) is 7.11 Å². The number of hydrogen-bond donors (Lipinski definition) is 0. The minimum Gasteiger partial charge on any atom is -0.472 e. The molecule has 2 aliphatic rings. The number of methoxy groups -OCH3 is 1. The van der Waals surface area contributed by atoms with Crippen LogP contribution in [0.15, 0.2) is 34.7 Å². The van der Waals surface area contributed by atoms with Gasteiger partial charge in [0.15, 0.2) is 0 Å². The fourth-order valence-electron chi connectivity index (χ4n) is 5.98. The van der Waals surface area contributed by atoms with Crippen LogP contribution >= 0.6 is 0 Å². The third-order valence-corrected chi connectivity index (χ3v) is 7.21. The lowest BCUT2D eigenvalue weighted by atomic mass is 9.47. The first-order chi connectivity index (χ1) is 13.7. The minimum absolute atomic E-state index is 0.0116. The van der Waals surface area contributed by atoms with Gasteiger partial charge in [0.25, 0.3) is 0 Å². The van der Waals surface area contributed by atoms with Gasteiger partial charge in [0.05, 0.1) is 19.6 Å². The molecule has 4 unspecified atom stereocenters. The summed E-state index contributed by atoms with van der Waals surface area (Å²) in [5.41, 5.74) is 1.64. The molecule has 0 spiro atoms. The Labute approximate surface area is 173 Å². The molecule has 1 fully saturated rings. The van der Waals surface area contributed by atoms with Crippen LogP contribution in [0.2, 0.25) is 0 Å². The van der Waals surface area contributed by atoms with Crippen LogP contribution < -0.4 is 0 Å². The van der Waals surface area contributed by atoms with Crippen molar-refractivity contribution in [2.24, 2.45) is 22.7 Å². The summed E-state index contributed by atoms with van der Waals surface area (Å²) in [7, 11) is 1.42. The summed E-state index contributed by atoms with van der Waals surface area (Å²) in [6.45, 7) is 8.62. The van der Waals surface area contributed by atoms with Crippen molar-refractivity contribution in [3.8, 4) is 0 Å². The first kappa shape index (κ1) is 21.7. The van der Waals surface area contributed by atoms with Crippen molar-refractivity contribution in [1.82, 2.24) is 0 Å². The van der Waals surface area contributed by atoms with Crippen molar-refractivity contribution in [3.05, 3.63) is 35.8 Å². The van der Waals surface area contributed by atoms with E-state index in [0.29, 0.717) is 12.0 Å². The molecule has 0 saturated heterocycles. The van der Waals surface area contributed by atoms with Crippen LogP contribution in [-0.2, 0) is 25.5 Å². The van der Waals surface area contributed by atoms with Gasteiger partial charge < -0.3 is 13.9 Å². The summed E-state index contributed by atoms with van der Waals surface area (Å²) in [6, 6.07) is 1.97. The number of rotatable bonds is 6. The second kappa shape index (κ2) is 8.37. The van der Waals surface area contributed by atoms with Gasteiger partial charge in [0, 0.05) is 17.9 Å². The highest BCUT2D eigenvalue weighted by Crippen LogP contribution is 2.61. The van der Waals surface area contributed by atoms with E-state index in [9.17, 15) is 9.59 Å². The Morgan fingerprint density at radius 2 is 2.00 bits per heavy atom. The molecule has 0 amide bonds. The number of aryl methyl sites for hydroxylation is 1. The molecule has 0 N–H and O–H groups in total. The molecule has 1 saturated carbocycles. The predicted molar refractivity (Wildman–Crippen MR) is 110 cm³/mol. The number of furan rings is 1. The average Bonchev–Trinajstić information content (AvgIpc) is 3.18. The average molecular weight is 403 g/mol. The van der Waals surface area contributed by atoms with Crippen LogP contribution in [0, 0.1) is 22.7 Å². The van der Waals surface area contributed by atoms with Crippen LogP contribution in [0.4, 0.5) is 0 Å². The lowest BCUT2D eigenvalue weighted by Gasteiger charge is -2.58. The molecule has 1 aromatic rings. The topological polar surface area (TPSA) is 65.7 Å². The largest absolute Gasteiger partial charge is 0.472 e. The standard InChI is InChI=1S/C24H34O5/c1-6-20(25)29-19-14-17(22(26)27-5)18(9-8-16-10-13-28-15-16)24(4)12-7-11-23(2,3)21(19)24/h10,13-15,18-19,21H,6-9,11-12H2,1-5H3. The van der Waals surface area contributed by atoms with Crippen molar-refractivity contribution < 1.29 is 23.5 Å². The van der Waals surface area contributed by atoms with Crippen molar-refractivity contribution in [1.29, 1.82) is 0 Å². The molecule has 3 rings (SSSR count). The van der Waals surface area contributed by atoms with Gasteiger partial charge in [-0.3, -0.25) is 4.79 Å². The molecule has 0 bridgehead atoms. The van der Waals surface area contributed by atoms with E-state index in [2.05, 4.69) is 20.8 Å². The van der Waals surface area contributed by atoms with Crippen LogP contribution in [-0.4, -0.2) is 25.2 Å². The fraction of sp³-hybridized carbons (Fsp3) is 0.667. The summed E-state index contributed by atoms with van der Waals surface area (Å²) in [4.78, 5) is 25.0. The van der Waals surface area contributed by atoms with Crippen molar-refractivity contribution in [3.63, 3.8) is 0 Å². The summed E-state index contributed by atoms with van der Waals surface area (Å²) < 4.78 is 16.3. The lowest BCUT2D eigenvalue weighted by molar-refractivity contribution is -0.165. The quantitative estimate of drug-likeness (QED) is 0.620. The Hall–Kier alpha value is -2.04. The normalized spacial score (nSPS) is 30.8. The van der Waals surface area contributed by atoms with Gasteiger partial charge in [-0.2, -0.15) is 0 Å². The lowest BCUT2D eigenvalue weighted by Crippen LogP contribution is -2.56. The van der Waals surface area contributed by atoms with E-state index in [4.69, 9.17) is 13.9 Å². The Morgan fingerprint density at radius 3 is 2.62 bits per heavy atom. The molecular formula is C24H34O5. The number of esters is 2. The summed E-state index contributed by atoms with van der Waals surface area (Å²) in [5.74, 6) is -0.341. The van der Waals surface area contributed by atoms with E-state index >= 15 is 0 Å². The number of carbonyl (C=O) groups excluding carboxylic acids is 2. The van der Waals surface area contributed by atoms with Gasteiger partial charge in [-0.25, -0.2) is 4.79 Å². The van der Waals surface area contributed by atoms with Crippen molar-refractivity contribution in [2.45, 2.75) is 72.3 Å². The SMILES string of the molecule is CCC(=O)OC1C=C(C(=O)OC)C(CCc2ccoc2)C2(C)CCCC(C)(C)C12. The van der Waals surface area contributed by atoms with E-state index < -0.39 is 6.10 Å². The van der Waals surface area contributed by atoms with Gasteiger partial charge in [-0.1, -0.05) is 34.1 Å². The molecule has 5 nitrogen and oxygen atoms in total. The summed E-state index contributed by atoms with van der Waals surface area (Å²) >= 11 is 0. The number of carbonyl (C=O) groups is 2. The van der Waals surface area contributed by atoms with Gasteiger partial charge in [0.1, 0.15) is 6.10 Å². The predicted octanol–water partition coefficient (Wildman–Crippen LogP) is 5.10. The maximum Gasteiger partial charge on any atom is 0.333 e. The molecule has 1 aromatic heterocycles. The molecule has 0 aromatic carbocycles. The molecule has 29 heavy (non-hydrogen) atoms. The minimum atomic E-state index is -0.401. The van der Waals surface area contributed by atoms with E-state index in [-0.39, 0.29) is 34.6 Å². The molecule has 0 aliphatic heterocycles. The molecule has 160 valence electrons. The van der Waals surface area contributed by atoms with Crippen LogP contribution in [0.3, 0.4) is 0 Å². The van der Waals surface area contributed by atoms with Crippen LogP contribution in [0.25, 0.3) is 0 Å². The Bertz CT molecular complexity index is 760. The van der Waals surface area contributed by atoms with Gasteiger partial charge >= 0.3 is 11.9 Å². The highest BCUT2D eigenvalue weighted by Gasteiger charge is 2.58. The molecule has 1 heterocycles. The second-order valence-electron chi connectivity index (χ2n) is 9.47. The summed E-state index contributed by atoms with van der Waals surface area (Å²) in [6.07, 6.45) is 10.1. The van der Waals surface area contributed by atoms with E-state index in [0.717, 1.165) is 37.7 Å². The third kappa shape index (κ3) is 4.15. The molecule has 4 atom stereocenters. The zero-order valence-electron chi connectivity index (χ0n) is 18.3. The fourth-order valence-corrected chi connectivity index (χ4v) is 5.98. The summed E-state index contributed by atoms with van der Waals surface area (Å²) in [5, 5.41) is 0. The highest BCUT2D eigenvalue weighted by molar-refractivity contribution is 5.89. The maximum absolute atomic E-state index is 12.8. The number of fused-ring (bicyclic) bond motifs is 1. The monoisotopic (exact) mass is 402 g/mol. The number of hydrogen-bond acceptors (Lipinski definition) is 5. The highest BCUT2D eigenvalue weighted by atomic mass is 16.5. The van der Waals surface area contributed by atoms with Gasteiger partial charge in [0.2, 0.25) is 0 Å². The molecule has 0 radical (unpaired) electrons. The zero-order valence-corrected chi connectivity index (χ0v) is 18.3. The molecule has 5 heteroatoms. The molecular weight excluding hydrogens is 368 g/mol. The van der Waals surface area contributed by atoms with Crippen LogP contribution in [0.1, 0.15) is 65.4 Å². The van der Waals surface area contributed by atoms with E-state index in [1.807, 2.05) is 12.1 Å². The Balaban J connectivity index is 2.04. The van der Waals surface area contributed by atoms with Gasteiger partial charge in [-0.15, -0.1) is 0 Å². The Kier molecular flexibility index (Phi) is 6.25. The van der Waals surface area contributed by atoms with E-state index in [1.54, 1.807) is 19.5 Å². The van der Waals surface area contributed by atoms with Crippen molar-refractivity contribution in [2.75, 3.05) is 7.11 Å². The maximum atomic E-state index is 12.8. The van der Waals surface area contributed by atoms with Crippen LogP contribution in [0.5, 0.6) is 0 Å². The number of ether oxygens (including phenoxy) is 2. The first-order valence-electron chi connectivity index (χ1n) is 10.7. The first-order valence-corrected chi connectivity index (χ1v) is 10.7. The smallest absolute Gasteiger partial charge is 0.333 e. The van der Waals surface area contributed by atoms with Crippen molar-refractivity contribution >= 4 is 11.9 Å². The van der Waals surface area contributed by atoms with Gasteiger partial charge in [-0.05, 0) is 60.1 Å². The second-order valence-corrected chi connectivity index (χ2v) is 9.47.